The van der Waals surface area contributed by atoms with E-state index >= 15 is 0 Å². The Hall–Kier alpha value is 0.210. The molecule has 0 amide bonds. The number of thioether (sulfide) groups is 1. The zero-order valence-electron chi connectivity index (χ0n) is 22.4. The van der Waals surface area contributed by atoms with Gasteiger partial charge in [-0.05, 0) is 62.3 Å². The van der Waals surface area contributed by atoms with Crippen molar-refractivity contribution in [3.05, 3.63) is 0 Å². The molecule has 0 aromatic rings. The van der Waals surface area contributed by atoms with Gasteiger partial charge in [-0.15, -0.1) is 0 Å². The minimum Gasteiger partial charge on any atom is -0.351 e. The second-order valence-electron chi connectivity index (χ2n) is 9.66. The number of rotatable bonds is 17. The normalized spacial score (nSPS) is 14.2. The smallest absolute Gasteiger partial charge is 0.195 e. The van der Waals surface area contributed by atoms with E-state index in [9.17, 15) is 4.79 Å². The molecule has 0 saturated carbocycles. The zero-order chi connectivity index (χ0) is 25.1. The summed E-state index contributed by atoms with van der Waals surface area (Å²) in [5.74, 6) is 0.564. The van der Waals surface area contributed by atoms with Crippen LogP contribution in [0.3, 0.4) is 0 Å². The van der Waals surface area contributed by atoms with E-state index in [1.807, 2.05) is 20.8 Å². The minimum atomic E-state index is -1.00. The maximum absolute atomic E-state index is 12.2. The van der Waals surface area contributed by atoms with Crippen LogP contribution in [0.25, 0.3) is 0 Å². The third-order valence-corrected chi connectivity index (χ3v) is 9.08. The lowest BCUT2D eigenvalue weighted by molar-refractivity contribution is -0.152. The fourth-order valence-corrected chi connectivity index (χ4v) is 6.47. The van der Waals surface area contributed by atoms with Crippen LogP contribution >= 0.6 is 20.2 Å². The molecular formula is C23H50N3O4PS. The summed E-state index contributed by atoms with van der Waals surface area (Å²) >= 11 is 1.27. The first kappa shape index (κ1) is 32.2. The highest BCUT2D eigenvalue weighted by atomic mass is 32.2. The number of nitrogens with zero attached hydrogens (tertiary/aromatic N) is 2. The fraction of sp³-hybridized carbons (Fsp3) is 0.957. The van der Waals surface area contributed by atoms with E-state index in [-0.39, 0.29) is 5.12 Å². The maximum atomic E-state index is 12.2. The summed E-state index contributed by atoms with van der Waals surface area (Å²) in [5, 5.41) is 0.0883. The Morgan fingerprint density at radius 3 is 1.78 bits per heavy atom. The van der Waals surface area contributed by atoms with Crippen LogP contribution < -0.4 is 5.73 Å². The lowest BCUT2D eigenvalue weighted by atomic mass is 9.96. The molecule has 0 aromatic heterocycles. The molecular weight excluding hydrogens is 445 g/mol. The summed E-state index contributed by atoms with van der Waals surface area (Å²) in [7, 11) is -1.00. The lowest BCUT2D eigenvalue weighted by Crippen LogP contribution is -2.44. The summed E-state index contributed by atoms with van der Waals surface area (Å²) in [6, 6.07) is 1.39. The molecule has 0 heterocycles. The Balaban J connectivity index is 5.18. The molecule has 0 aliphatic heterocycles. The van der Waals surface area contributed by atoms with E-state index in [1.165, 1.54) is 11.8 Å². The molecule has 0 fully saturated rings. The van der Waals surface area contributed by atoms with Crippen LogP contribution in [0.1, 0.15) is 76.2 Å². The van der Waals surface area contributed by atoms with Crippen LogP contribution in [-0.4, -0.2) is 77.0 Å². The lowest BCUT2D eigenvalue weighted by Gasteiger charge is -2.45. The van der Waals surface area contributed by atoms with Crippen LogP contribution in [0.2, 0.25) is 0 Å². The van der Waals surface area contributed by atoms with Gasteiger partial charge in [-0.1, -0.05) is 25.6 Å². The van der Waals surface area contributed by atoms with E-state index < -0.39 is 20.2 Å². The van der Waals surface area contributed by atoms with Crippen molar-refractivity contribution >= 4 is 25.3 Å². The molecule has 0 bridgehead atoms. The monoisotopic (exact) mass is 495 g/mol. The summed E-state index contributed by atoms with van der Waals surface area (Å²) in [4.78, 5) is 12.2. The van der Waals surface area contributed by atoms with E-state index in [2.05, 4.69) is 64.7 Å². The minimum absolute atomic E-state index is 0.0883. The average molecular weight is 496 g/mol. The van der Waals surface area contributed by atoms with Crippen LogP contribution in [0.4, 0.5) is 0 Å². The summed E-state index contributed by atoms with van der Waals surface area (Å²) < 4.78 is 23.2. The summed E-state index contributed by atoms with van der Waals surface area (Å²) in [6.45, 7) is 25.0. The Bertz CT molecular complexity index is 485. The van der Waals surface area contributed by atoms with Gasteiger partial charge in [0.15, 0.2) is 19.9 Å². The third-order valence-electron chi connectivity index (χ3n) is 4.87. The number of carbonyl (C=O) groups excluding carboxylic acids is 1. The Morgan fingerprint density at radius 1 is 0.938 bits per heavy atom. The molecule has 32 heavy (non-hydrogen) atoms. The Labute approximate surface area is 203 Å². The molecule has 1 unspecified atom stereocenters. The first-order chi connectivity index (χ1) is 14.8. The number of hydrogen-bond acceptors (Lipinski definition) is 8. The molecule has 2 N–H and O–H groups in total. The Morgan fingerprint density at radius 2 is 1.41 bits per heavy atom. The van der Waals surface area contributed by atoms with Gasteiger partial charge in [0.25, 0.3) is 0 Å². The Kier molecular flexibility index (Phi) is 16.1. The molecule has 0 saturated heterocycles. The van der Waals surface area contributed by atoms with Gasteiger partial charge in [0.1, 0.15) is 6.61 Å². The molecule has 0 radical (unpaired) electrons. The van der Waals surface area contributed by atoms with Gasteiger partial charge in [0.2, 0.25) is 0 Å². The van der Waals surface area contributed by atoms with Gasteiger partial charge in [-0.25, -0.2) is 9.34 Å². The quantitative estimate of drug-likeness (QED) is 0.170. The molecule has 192 valence electrons. The fourth-order valence-electron chi connectivity index (χ4n) is 3.29. The number of ether oxygens (including phenoxy) is 2. The van der Waals surface area contributed by atoms with E-state index in [0.717, 1.165) is 0 Å². The highest BCUT2D eigenvalue weighted by molar-refractivity contribution is 8.13. The van der Waals surface area contributed by atoms with Gasteiger partial charge >= 0.3 is 0 Å². The molecule has 0 aliphatic rings. The van der Waals surface area contributed by atoms with Crippen LogP contribution in [0.5, 0.6) is 0 Å². The van der Waals surface area contributed by atoms with Crippen molar-refractivity contribution in [2.75, 3.05) is 32.1 Å². The van der Waals surface area contributed by atoms with Gasteiger partial charge in [-0.2, -0.15) is 0 Å². The van der Waals surface area contributed by atoms with Gasteiger partial charge < -0.3 is 19.7 Å². The number of nitrogens with two attached hydrogens (primary N) is 1. The van der Waals surface area contributed by atoms with Crippen LogP contribution in [-0.2, 0) is 18.8 Å². The molecule has 7 nitrogen and oxygen atoms in total. The van der Waals surface area contributed by atoms with Gasteiger partial charge in [0, 0.05) is 48.5 Å². The average Bonchev–Trinajstić information content (AvgIpc) is 2.67. The standard InChI is InChI=1S/C23H50N3O4PS/c1-12-28-21(29-13-14-32-22(27)23(10,11)16-24)15-30-31(25(17(2)3)18(4)5)26(19(6)7)20(8)9/h17-21H,12-16,24H2,1-11H3. The van der Waals surface area contributed by atoms with Crippen LogP contribution in [0, 0.1) is 5.41 Å². The van der Waals surface area contributed by atoms with Crippen molar-refractivity contribution in [3.63, 3.8) is 0 Å². The molecule has 0 rings (SSSR count). The van der Waals surface area contributed by atoms with Crippen molar-refractivity contribution in [1.29, 1.82) is 0 Å². The van der Waals surface area contributed by atoms with Crippen molar-refractivity contribution < 1.29 is 18.8 Å². The first-order valence-corrected chi connectivity index (χ1v) is 14.0. The number of hydrogen-bond donors (Lipinski definition) is 1. The highest BCUT2D eigenvalue weighted by Crippen LogP contribution is 2.50. The third kappa shape index (κ3) is 11.1. The van der Waals surface area contributed by atoms with E-state index in [1.54, 1.807) is 0 Å². The predicted molar refractivity (Wildman–Crippen MR) is 139 cm³/mol. The first-order valence-electron chi connectivity index (χ1n) is 11.9. The van der Waals surface area contributed by atoms with Gasteiger partial charge in [0.05, 0.1) is 6.61 Å². The van der Waals surface area contributed by atoms with Crippen molar-refractivity contribution in [2.45, 2.75) is 107 Å². The second-order valence-corrected chi connectivity index (χ2v) is 12.4. The summed E-state index contributed by atoms with van der Waals surface area (Å²) in [5.41, 5.74) is 5.18. The SMILES string of the molecule is CCOC(COP(N(C(C)C)C(C)C)N(C(C)C)C(C)C)OCCSC(=O)C(C)(C)CN. The second kappa shape index (κ2) is 16.0. The van der Waals surface area contributed by atoms with Crippen molar-refractivity contribution in [1.82, 2.24) is 9.34 Å². The van der Waals surface area contributed by atoms with Crippen LogP contribution in [0.15, 0.2) is 0 Å². The molecule has 1 atom stereocenters. The highest BCUT2D eigenvalue weighted by Gasteiger charge is 2.35. The largest absolute Gasteiger partial charge is 0.351 e. The van der Waals surface area contributed by atoms with Crippen molar-refractivity contribution in [3.8, 4) is 0 Å². The van der Waals surface area contributed by atoms with E-state index in [4.69, 9.17) is 19.7 Å². The molecule has 0 spiro atoms. The number of carbonyl (C=O) groups is 1. The van der Waals surface area contributed by atoms with E-state index in [0.29, 0.717) is 56.3 Å². The molecule has 0 aliphatic carbocycles. The summed E-state index contributed by atoms with van der Waals surface area (Å²) in [6.07, 6.45) is -0.467. The maximum Gasteiger partial charge on any atom is 0.195 e. The zero-order valence-corrected chi connectivity index (χ0v) is 24.1. The van der Waals surface area contributed by atoms with Crippen molar-refractivity contribution in [2.24, 2.45) is 11.1 Å². The predicted octanol–water partition coefficient (Wildman–Crippen LogP) is 5.09. The molecule has 9 heteroatoms. The molecule has 0 aromatic carbocycles. The topological polar surface area (TPSA) is 77.3 Å². The van der Waals surface area contributed by atoms with Gasteiger partial charge in [-0.3, -0.25) is 4.79 Å².